The van der Waals surface area contributed by atoms with Crippen LogP contribution in [0.3, 0.4) is 0 Å². The number of para-hydroxylation sites is 1. The molecule has 0 amide bonds. The molecule has 1 aliphatic rings. The van der Waals surface area contributed by atoms with Crippen molar-refractivity contribution in [2.45, 2.75) is 11.8 Å². The number of aliphatic carboxylic acids is 1. The SMILES string of the molecule is O=C(O)C1(c2ccccc2)CC=CN(c2ccccc2)C1. The number of benzene rings is 2. The van der Waals surface area contributed by atoms with Crippen molar-refractivity contribution in [3.63, 3.8) is 0 Å². The molecule has 0 aliphatic carbocycles. The van der Waals surface area contributed by atoms with Crippen molar-refractivity contribution in [3.05, 3.63) is 78.5 Å². The van der Waals surface area contributed by atoms with Crippen molar-refractivity contribution in [2.24, 2.45) is 0 Å². The van der Waals surface area contributed by atoms with E-state index in [1.807, 2.05) is 77.8 Å². The molecule has 1 N–H and O–H groups in total. The molecule has 0 spiro atoms. The molecule has 0 saturated heterocycles. The Labute approximate surface area is 124 Å². The summed E-state index contributed by atoms with van der Waals surface area (Å²) in [5.74, 6) is -0.779. The summed E-state index contributed by atoms with van der Waals surface area (Å²) in [6.45, 7) is 0.437. The quantitative estimate of drug-likeness (QED) is 0.935. The van der Waals surface area contributed by atoms with E-state index in [1.54, 1.807) is 0 Å². The van der Waals surface area contributed by atoms with Crippen LogP contribution in [-0.2, 0) is 10.2 Å². The predicted octanol–water partition coefficient (Wildman–Crippen LogP) is 3.43. The largest absolute Gasteiger partial charge is 0.481 e. The van der Waals surface area contributed by atoms with Crippen molar-refractivity contribution in [2.75, 3.05) is 11.4 Å². The third-order valence-corrected chi connectivity index (χ3v) is 4.02. The van der Waals surface area contributed by atoms with Gasteiger partial charge in [0.25, 0.3) is 0 Å². The van der Waals surface area contributed by atoms with E-state index in [0.29, 0.717) is 13.0 Å². The van der Waals surface area contributed by atoms with Crippen LogP contribution in [0.4, 0.5) is 5.69 Å². The Hall–Kier alpha value is -2.55. The van der Waals surface area contributed by atoms with Crippen LogP contribution in [0, 0.1) is 0 Å². The summed E-state index contributed by atoms with van der Waals surface area (Å²) < 4.78 is 0. The van der Waals surface area contributed by atoms with E-state index in [-0.39, 0.29) is 0 Å². The van der Waals surface area contributed by atoms with E-state index in [1.165, 1.54) is 0 Å². The van der Waals surface area contributed by atoms with Gasteiger partial charge in [0, 0.05) is 18.4 Å². The first-order valence-electron chi connectivity index (χ1n) is 7.00. The number of carboxylic acids is 1. The summed E-state index contributed by atoms with van der Waals surface area (Å²) in [4.78, 5) is 14.0. The molecule has 0 bridgehead atoms. The van der Waals surface area contributed by atoms with Gasteiger partial charge in [-0.3, -0.25) is 4.79 Å². The lowest BCUT2D eigenvalue weighted by Gasteiger charge is -2.37. The molecule has 3 rings (SSSR count). The number of carboxylic acid groups (broad SMARTS) is 1. The first-order chi connectivity index (χ1) is 10.2. The second-order valence-electron chi connectivity index (χ2n) is 5.31. The highest BCUT2D eigenvalue weighted by atomic mass is 16.4. The van der Waals surface area contributed by atoms with E-state index in [0.717, 1.165) is 11.3 Å². The molecule has 0 fully saturated rings. The standard InChI is InChI=1S/C18H17NO2/c20-17(21)18(15-8-3-1-4-9-15)12-7-13-19(14-18)16-10-5-2-6-11-16/h1-11,13H,12,14H2,(H,20,21). The van der Waals surface area contributed by atoms with Crippen LogP contribution in [0.15, 0.2) is 72.9 Å². The molecule has 0 radical (unpaired) electrons. The number of hydrogen-bond donors (Lipinski definition) is 1. The first-order valence-corrected chi connectivity index (χ1v) is 7.00. The second kappa shape index (κ2) is 5.44. The van der Waals surface area contributed by atoms with Crippen LogP contribution in [0.2, 0.25) is 0 Å². The van der Waals surface area contributed by atoms with Crippen LogP contribution in [0.1, 0.15) is 12.0 Å². The van der Waals surface area contributed by atoms with Gasteiger partial charge in [-0.05, 0) is 24.1 Å². The fourth-order valence-electron chi connectivity index (χ4n) is 2.83. The molecule has 0 saturated carbocycles. The Morgan fingerprint density at radius 3 is 2.24 bits per heavy atom. The number of rotatable bonds is 3. The summed E-state index contributed by atoms with van der Waals surface area (Å²) in [5, 5.41) is 9.85. The third-order valence-electron chi connectivity index (χ3n) is 4.02. The van der Waals surface area contributed by atoms with Gasteiger partial charge in [0.15, 0.2) is 0 Å². The minimum absolute atomic E-state index is 0.437. The molecule has 3 heteroatoms. The summed E-state index contributed by atoms with van der Waals surface area (Å²) >= 11 is 0. The molecule has 1 aliphatic heterocycles. The zero-order valence-corrected chi connectivity index (χ0v) is 11.6. The Kier molecular flexibility index (Phi) is 3.48. The van der Waals surface area contributed by atoms with E-state index in [9.17, 15) is 9.90 Å². The van der Waals surface area contributed by atoms with E-state index >= 15 is 0 Å². The van der Waals surface area contributed by atoms with Gasteiger partial charge in [0.2, 0.25) is 0 Å². The number of hydrogen-bond acceptors (Lipinski definition) is 2. The maximum Gasteiger partial charge on any atom is 0.316 e. The van der Waals surface area contributed by atoms with Crippen LogP contribution in [0.5, 0.6) is 0 Å². The topological polar surface area (TPSA) is 40.5 Å². The van der Waals surface area contributed by atoms with Crippen molar-refractivity contribution in [1.29, 1.82) is 0 Å². The summed E-state index contributed by atoms with van der Waals surface area (Å²) in [7, 11) is 0. The Balaban J connectivity index is 2.00. The lowest BCUT2D eigenvalue weighted by atomic mass is 9.75. The van der Waals surface area contributed by atoms with Gasteiger partial charge < -0.3 is 10.0 Å². The maximum absolute atomic E-state index is 12.0. The number of allylic oxidation sites excluding steroid dienone is 1. The molecule has 1 unspecified atom stereocenters. The van der Waals surface area contributed by atoms with E-state index in [2.05, 4.69) is 0 Å². The van der Waals surface area contributed by atoms with E-state index < -0.39 is 11.4 Å². The summed E-state index contributed by atoms with van der Waals surface area (Å²) in [6, 6.07) is 19.4. The molecule has 0 aromatic heterocycles. The smallest absolute Gasteiger partial charge is 0.316 e. The van der Waals surface area contributed by atoms with Crippen molar-refractivity contribution in [3.8, 4) is 0 Å². The molecule has 1 heterocycles. The lowest BCUT2D eigenvalue weighted by molar-refractivity contribution is -0.143. The van der Waals surface area contributed by atoms with E-state index in [4.69, 9.17) is 0 Å². The minimum Gasteiger partial charge on any atom is -0.481 e. The van der Waals surface area contributed by atoms with Gasteiger partial charge >= 0.3 is 5.97 Å². The Morgan fingerprint density at radius 1 is 1.00 bits per heavy atom. The fourth-order valence-corrected chi connectivity index (χ4v) is 2.83. The fraction of sp³-hybridized carbons (Fsp3) is 0.167. The molecule has 2 aromatic rings. The minimum atomic E-state index is -0.897. The number of anilines is 1. The highest BCUT2D eigenvalue weighted by molar-refractivity contribution is 5.83. The van der Waals surface area contributed by atoms with Crippen molar-refractivity contribution >= 4 is 11.7 Å². The van der Waals surface area contributed by atoms with Gasteiger partial charge in [-0.15, -0.1) is 0 Å². The van der Waals surface area contributed by atoms with Crippen LogP contribution < -0.4 is 4.90 Å². The molecule has 2 aromatic carbocycles. The van der Waals surface area contributed by atoms with Crippen LogP contribution in [-0.4, -0.2) is 17.6 Å². The van der Waals surface area contributed by atoms with Gasteiger partial charge in [0.1, 0.15) is 5.41 Å². The number of carbonyl (C=O) groups is 1. The second-order valence-corrected chi connectivity index (χ2v) is 5.31. The Morgan fingerprint density at radius 2 is 1.62 bits per heavy atom. The predicted molar refractivity (Wildman–Crippen MR) is 83.3 cm³/mol. The number of nitrogens with zero attached hydrogens (tertiary/aromatic N) is 1. The van der Waals surface area contributed by atoms with Crippen molar-refractivity contribution < 1.29 is 9.90 Å². The van der Waals surface area contributed by atoms with Crippen molar-refractivity contribution in [1.82, 2.24) is 0 Å². The zero-order chi connectivity index (χ0) is 14.7. The molecular formula is C18H17NO2. The van der Waals surface area contributed by atoms with Crippen LogP contribution >= 0.6 is 0 Å². The third kappa shape index (κ3) is 2.42. The monoisotopic (exact) mass is 279 g/mol. The maximum atomic E-state index is 12.0. The average molecular weight is 279 g/mol. The lowest BCUT2D eigenvalue weighted by Crippen LogP contribution is -2.47. The van der Waals surface area contributed by atoms with Gasteiger partial charge in [-0.1, -0.05) is 54.6 Å². The van der Waals surface area contributed by atoms with Gasteiger partial charge in [0.05, 0.1) is 0 Å². The normalized spacial score (nSPS) is 21.2. The zero-order valence-electron chi connectivity index (χ0n) is 11.6. The molecule has 21 heavy (non-hydrogen) atoms. The highest BCUT2D eigenvalue weighted by Crippen LogP contribution is 2.35. The summed E-state index contributed by atoms with van der Waals surface area (Å²) in [5.41, 5.74) is 0.962. The molecular weight excluding hydrogens is 262 g/mol. The van der Waals surface area contributed by atoms with Crippen LogP contribution in [0.25, 0.3) is 0 Å². The average Bonchev–Trinajstić information content (AvgIpc) is 2.56. The van der Waals surface area contributed by atoms with Gasteiger partial charge in [-0.25, -0.2) is 0 Å². The molecule has 1 atom stereocenters. The Bertz CT molecular complexity index is 651. The van der Waals surface area contributed by atoms with Gasteiger partial charge in [-0.2, -0.15) is 0 Å². The molecule has 3 nitrogen and oxygen atoms in total. The highest BCUT2D eigenvalue weighted by Gasteiger charge is 2.42. The first kappa shape index (κ1) is 13.4. The summed E-state index contributed by atoms with van der Waals surface area (Å²) in [6.07, 6.45) is 4.42. The molecule has 106 valence electrons.